The summed E-state index contributed by atoms with van der Waals surface area (Å²) >= 11 is 0. The third-order valence-electron chi connectivity index (χ3n) is 1.22. The van der Waals surface area contributed by atoms with Crippen LogP contribution in [0.2, 0.25) is 0 Å². The van der Waals surface area contributed by atoms with Crippen LogP contribution in [0.25, 0.3) is 0 Å². The summed E-state index contributed by atoms with van der Waals surface area (Å²) in [7, 11) is -3.83. The van der Waals surface area contributed by atoms with Gasteiger partial charge in [-0.1, -0.05) is 0 Å². The first kappa shape index (κ1) is 11.6. The molecule has 8 heteroatoms. The molecular formula is C6H10N2O4P2. The van der Waals surface area contributed by atoms with E-state index in [9.17, 15) is 0 Å². The van der Waals surface area contributed by atoms with Crippen molar-refractivity contribution in [3.05, 3.63) is 24.3 Å². The lowest BCUT2D eigenvalue weighted by molar-refractivity contribution is 0.479. The van der Waals surface area contributed by atoms with E-state index in [1.54, 1.807) is 24.3 Å². The maximum absolute atomic E-state index is 8.75. The van der Waals surface area contributed by atoms with E-state index in [2.05, 4.69) is 0 Å². The fourth-order valence-electron chi connectivity index (χ4n) is 0.777. The predicted octanol–water partition coefficient (Wildman–Crippen LogP) is 0.800. The molecule has 0 aromatic heterocycles. The first-order valence-corrected chi connectivity index (χ1v) is 6.07. The molecule has 2 atom stereocenters. The van der Waals surface area contributed by atoms with Crippen LogP contribution in [0.15, 0.2) is 24.3 Å². The van der Waals surface area contributed by atoms with Gasteiger partial charge >= 0.3 is 17.1 Å². The average molecular weight is 236 g/mol. The number of hydrogen-bond donors (Lipinski definition) is 4. The molecule has 1 rings (SSSR count). The van der Waals surface area contributed by atoms with Gasteiger partial charge in [0.15, 0.2) is 0 Å². The second-order valence-corrected chi connectivity index (χ2v) is 3.83. The second-order valence-electron chi connectivity index (χ2n) is 2.26. The summed E-state index contributed by atoms with van der Waals surface area (Å²) in [6, 6.07) is 6.19. The predicted molar refractivity (Wildman–Crippen MR) is 54.4 cm³/mol. The molecule has 2 unspecified atom stereocenters. The fourth-order valence-corrected chi connectivity index (χ4v) is 1.45. The zero-order valence-corrected chi connectivity index (χ0v) is 8.86. The highest BCUT2D eigenvalue weighted by atomic mass is 31.2. The van der Waals surface area contributed by atoms with Crippen molar-refractivity contribution in [3.8, 4) is 11.5 Å². The zero-order valence-electron chi connectivity index (χ0n) is 7.07. The van der Waals surface area contributed by atoms with Gasteiger partial charge in [-0.25, -0.2) is 0 Å². The molecule has 0 aliphatic heterocycles. The number of nitrogens with two attached hydrogens (primary N) is 2. The van der Waals surface area contributed by atoms with Gasteiger partial charge in [0.1, 0.15) is 11.5 Å². The van der Waals surface area contributed by atoms with Crippen molar-refractivity contribution in [2.75, 3.05) is 0 Å². The van der Waals surface area contributed by atoms with Gasteiger partial charge in [0.25, 0.3) is 0 Å². The van der Waals surface area contributed by atoms with Gasteiger partial charge in [-0.3, -0.25) is 11.0 Å². The largest absolute Gasteiger partial charge is 0.436 e. The Hall–Kier alpha value is -0.480. The van der Waals surface area contributed by atoms with Crippen LogP contribution < -0.4 is 20.1 Å². The highest BCUT2D eigenvalue weighted by Gasteiger charge is 2.03. The molecule has 0 aliphatic carbocycles. The van der Waals surface area contributed by atoms with E-state index in [1.165, 1.54) is 0 Å². The number of hydrogen-bond acceptors (Lipinski definition) is 6. The Kier molecular flexibility index (Phi) is 4.48. The SMILES string of the molecule is NP(O)Oc1ccc(OP(N)O)cc1. The summed E-state index contributed by atoms with van der Waals surface area (Å²) in [6.45, 7) is 0. The van der Waals surface area contributed by atoms with Crippen LogP contribution in [0.4, 0.5) is 0 Å². The maximum Gasteiger partial charge on any atom is 0.312 e. The van der Waals surface area contributed by atoms with E-state index >= 15 is 0 Å². The van der Waals surface area contributed by atoms with E-state index < -0.39 is 17.1 Å². The highest BCUT2D eigenvalue weighted by Crippen LogP contribution is 2.30. The lowest BCUT2D eigenvalue weighted by Crippen LogP contribution is -1.96. The van der Waals surface area contributed by atoms with Crippen LogP contribution in [0.5, 0.6) is 11.5 Å². The molecule has 78 valence electrons. The fraction of sp³-hybridized carbons (Fsp3) is 0. The Morgan fingerprint density at radius 2 is 1.14 bits per heavy atom. The molecule has 1 aromatic rings. The minimum atomic E-state index is -1.91. The second kappa shape index (κ2) is 5.41. The van der Waals surface area contributed by atoms with Gasteiger partial charge < -0.3 is 18.8 Å². The monoisotopic (exact) mass is 236 g/mol. The van der Waals surface area contributed by atoms with Crippen LogP contribution in [-0.2, 0) is 0 Å². The van der Waals surface area contributed by atoms with Gasteiger partial charge in [0.2, 0.25) is 0 Å². The van der Waals surface area contributed by atoms with Crippen LogP contribution in [0.1, 0.15) is 0 Å². The third-order valence-corrected chi connectivity index (χ3v) is 2.02. The summed E-state index contributed by atoms with van der Waals surface area (Å²) in [5.41, 5.74) is 10.1. The summed E-state index contributed by atoms with van der Waals surface area (Å²) in [4.78, 5) is 17.5. The quantitative estimate of drug-likeness (QED) is 0.575. The van der Waals surface area contributed by atoms with E-state index in [1.807, 2.05) is 0 Å². The molecule has 6 nitrogen and oxygen atoms in total. The van der Waals surface area contributed by atoms with Crippen molar-refractivity contribution in [2.45, 2.75) is 0 Å². The topological polar surface area (TPSA) is 111 Å². The molecule has 0 saturated heterocycles. The maximum atomic E-state index is 8.75. The Morgan fingerprint density at radius 1 is 0.857 bits per heavy atom. The summed E-state index contributed by atoms with van der Waals surface area (Å²) in [6.07, 6.45) is 0. The Bertz CT molecular complexity index is 251. The van der Waals surface area contributed by atoms with Crippen LogP contribution >= 0.6 is 17.1 Å². The molecule has 0 bridgehead atoms. The summed E-state index contributed by atoms with van der Waals surface area (Å²) < 4.78 is 9.66. The standard InChI is InChI=1S/C6H10N2O4P2/c7-13(9)11-5-1-2-6(4-3-5)12-14(8)10/h1-4,9-10H,7-8H2. The van der Waals surface area contributed by atoms with Gasteiger partial charge in [0, 0.05) is 0 Å². The lowest BCUT2D eigenvalue weighted by Gasteiger charge is -2.08. The third kappa shape index (κ3) is 4.15. The van der Waals surface area contributed by atoms with Crippen molar-refractivity contribution >= 4 is 17.1 Å². The molecule has 0 amide bonds. The Labute approximate surface area is 83.4 Å². The number of rotatable bonds is 4. The molecule has 0 fully saturated rings. The molecule has 6 N–H and O–H groups in total. The Balaban J connectivity index is 2.59. The molecular weight excluding hydrogens is 226 g/mol. The van der Waals surface area contributed by atoms with Crippen molar-refractivity contribution < 1.29 is 18.8 Å². The molecule has 0 aliphatic rings. The number of benzene rings is 1. The van der Waals surface area contributed by atoms with Crippen molar-refractivity contribution in [1.82, 2.24) is 0 Å². The van der Waals surface area contributed by atoms with Gasteiger partial charge in [-0.2, -0.15) is 0 Å². The van der Waals surface area contributed by atoms with E-state index in [0.717, 1.165) is 0 Å². The van der Waals surface area contributed by atoms with E-state index in [-0.39, 0.29) is 0 Å². The Morgan fingerprint density at radius 3 is 1.36 bits per heavy atom. The average Bonchev–Trinajstić information content (AvgIpc) is 2.06. The summed E-state index contributed by atoms with van der Waals surface area (Å²) in [5.74, 6) is 0.848. The van der Waals surface area contributed by atoms with Crippen molar-refractivity contribution in [2.24, 2.45) is 11.0 Å². The van der Waals surface area contributed by atoms with Crippen LogP contribution in [0, 0.1) is 0 Å². The van der Waals surface area contributed by atoms with Gasteiger partial charge in [-0.05, 0) is 24.3 Å². The first-order chi connectivity index (χ1) is 6.58. The van der Waals surface area contributed by atoms with Crippen molar-refractivity contribution in [3.63, 3.8) is 0 Å². The minimum Gasteiger partial charge on any atom is -0.436 e. The molecule has 0 radical (unpaired) electrons. The minimum absolute atomic E-state index is 0.424. The highest BCUT2D eigenvalue weighted by molar-refractivity contribution is 7.44. The van der Waals surface area contributed by atoms with Crippen molar-refractivity contribution in [1.29, 1.82) is 0 Å². The molecule has 1 aromatic carbocycles. The zero-order chi connectivity index (χ0) is 10.6. The lowest BCUT2D eigenvalue weighted by atomic mass is 10.3. The molecule has 0 saturated carbocycles. The first-order valence-electron chi connectivity index (χ1n) is 3.51. The van der Waals surface area contributed by atoms with Gasteiger partial charge in [0.05, 0.1) is 0 Å². The summed E-state index contributed by atoms with van der Waals surface area (Å²) in [5, 5.41) is 0. The molecule has 14 heavy (non-hydrogen) atoms. The normalized spacial score (nSPS) is 14.6. The van der Waals surface area contributed by atoms with Crippen LogP contribution in [-0.4, -0.2) is 9.79 Å². The molecule has 0 heterocycles. The van der Waals surface area contributed by atoms with E-state index in [4.69, 9.17) is 29.8 Å². The molecule has 0 spiro atoms. The smallest absolute Gasteiger partial charge is 0.312 e. The van der Waals surface area contributed by atoms with Gasteiger partial charge in [-0.15, -0.1) is 0 Å². The van der Waals surface area contributed by atoms with Crippen LogP contribution in [0.3, 0.4) is 0 Å². The van der Waals surface area contributed by atoms with E-state index in [0.29, 0.717) is 11.5 Å².